The Morgan fingerprint density at radius 1 is 1.06 bits per heavy atom. The quantitative estimate of drug-likeness (QED) is 0.486. The number of anilines is 1. The molecule has 172 valence electrons. The molecule has 1 fully saturated rings. The van der Waals surface area contributed by atoms with Crippen LogP contribution < -0.4 is 5.32 Å². The fraction of sp³-hybridized carbons (Fsp3) is 0.462. The molecule has 0 spiro atoms. The predicted octanol–water partition coefficient (Wildman–Crippen LogP) is 4.71. The van der Waals surface area contributed by atoms with Gasteiger partial charge in [-0.1, -0.05) is 49.7 Å². The van der Waals surface area contributed by atoms with Gasteiger partial charge in [0.2, 0.25) is 0 Å². The first-order chi connectivity index (χ1) is 15.3. The van der Waals surface area contributed by atoms with E-state index in [1.165, 1.54) is 12.0 Å². The molecule has 1 aliphatic rings. The van der Waals surface area contributed by atoms with Gasteiger partial charge in [-0.15, -0.1) is 0 Å². The second-order valence-electron chi connectivity index (χ2n) is 9.14. The van der Waals surface area contributed by atoms with Crippen LogP contribution in [0.1, 0.15) is 48.7 Å². The summed E-state index contributed by atoms with van der Waals surface area (Å²) in [6.07, 6.45) is 1.20. The van der Waals surface area contributed by atoms with Crippen LogP contribution in [0.3, 0.4) is 0 Å². The summed E-state index contributed by atoms with van der Waals surface area (Å²) in [4.78, 5) is 21.1. The highest BCUT2D eigenvalue weighted by Crippen LogP contribution is 2.17. The number of aliphatic imine (C=N–C) groups is 1. The summed E-state index contributed by atoms with van der Waals surface area (Å²) in [5.74, 6) is 0.557. The number of carboxylic acid groups (broad SMARTS) is 1. The van der Waals surface area contributed by atoms with E-state index in [2.05, 4.69) is 67.1 Å². The van der Waals surface area contributed by atoms with Gasteiger partial charge in [-0.2, -0.15) is 0 Å². The average Bonchev–Trinajstić information content (AvgIpc) is 2.77. The Morgan fingerprint density at radius 2 is 1.75 bits per heavy atom. The Kier molecular flexibility index (Phi) is 8.28. The summed E-state index contributed by atoms with van der Waals surface area (Å²) in [6, 6.07) is 15.9. The number of hydrogen-bond acceptors (Lipinski definition) is 3. The smallest absolute Gasteiger partial charge is 0.335 e. The van der Waals surface area contributed by atoms with Crippen molar-refractivity contribution in [3.8, 4) is 0 Å². The monoisotopic (exact) mass is 436 g/mol. The minimum atomic E-state index is -0.931. The molecule has 0 aliphatic carbocycles. The predicted molar refractivity (Wildman–Crippen MR) is 131 cm³/mol. The van der Waals surface area contributed by atoms with E-state index in [-0.39, 0.29) is 5.56 Å². The van der Waals surface area contributed by atoms with Crippen LogP contribution >= 0.6 is 0 Å². The van der Waals surface area contributed by atoms with Crippen LogP contribution in [0, 0.1) is 12.8 Å². The highest BCUT2D eigenvalue weighted by Gasteiger charge is 2.23. The number of guanidine groups is 1. The molecule has 0 unspecified atom stereocenters. The van der Waals surface area contributed by atoms with Gasteiger partial charge in [0.25, 0.3) is 0 Å². The maximum atomic E-state index is 11.4. The van der Waals surface area contributed by atoms with Crippen LogP contribution in [-0.2, 0) is 6.54 Å². The van der Waals surface area contributed by atoms with Gasteiger partial charge in [-0.3, -0.25) is 4.90 Å². The molecule has 0 bridgehead atoms. The van der Waals surface area contributed by atoms with Crippen molar-refractivity contribution in [2.45, 2.75) is 46.7 Å². The number of nitrogens with zero attached hydrogens (tertiary/aromatic N) is 3. The van der Waals surface area contributed by atoms with Gasteiger partial charge in [0, 0.05) is 37.9 Å². The van der Waals surface area contributed by atoms with Crippen molar-refractivity contribution >= 4 is 17.6 Å². The zero-order valence-electron chi connectivity index (χ0n) is 19.7. The molecule has 1 atom stereocenters. The van der Waals surface area contributed by atoms with Crippen LogP contribution in [0.2, 0.25) is 0 Å². The van der Waals surface area contributed by atoms with E-state index >= 15 is 0 Å². The molecule has 6 heteroatoms. The topological polar surface area (TPSA) is 68.2 Å². The first kappa shape index (κ1) is 23.8. The maximum Gasteiger partial charge on any atom is 0.335 e. The van der Waals surface area contributed by atoms with E-state index in [1.54, 1.807) is 18.2 Å². The molecule has 32 heavy (non-hydrogen) atoms. The number of carboxylic acids is 1. The number of carbonyl (C=O) groups is 1. The van der Waals surface area contributed by atoms with Crippen LogP contribution in [0.15, 0.2) is 53.5 Å². The lowest BCUT2D eigenvalue weighted by Gasteiger charge is -2.40. The fourth-order valence-electron chi connectivity index (χ4n) is 4.14. The highest BCUT2D eigenvalue weighted by molar-refractivity contribution is 5.95. The maximum absolute atomic E-state index is 11.4. The van der Waals surface area contributed by atoms with Gasteiger partial charge in [0.15, 0.2) is 5.96 Å². The molecule has 0 aromatic heterocycles. The van der Waals surface area contributed by atoms with Gasteiger partial charge < -0.3 is 15.3 Å². The number of nitrogens with one attached hydrogen (secondary N) is 1. The summed E-state index contributed by atoms with van der Waals surface area (Å²) >= 11 is 0. The van der Waals surface area contributed by atoms with Gasteiger partial charge >= 0.3 is 5.97 Å². The van der Waals surface area contributed by atoms with Crippen molar-refractivity contribution in [1.29, 1.82) is 0 Å². The zero-order valence-corrected chi connectivity index (χ0v) is 19.7. The molecule has 3 rings (SSSR count). The molecular weight excluding hydrogens is 400 g/mol. The average molecular weight is 437 g/mol. The lowest BCUT2D eigenvalue weighted by Crippen LogP contribution is -2.53. The van der Waals surface area contributed by atoms with Crippen molar-refractivity contribution in [3.63, 3.8) is 0 Å². The molecule has 2 aromatic carbocycles. The van der Waals surface area contributed by atoms with Crippen molar-refractivity contribution in [2.24, 2.45) is 10.9 Å². The fourth-order valence-corrected chi connectivity index (χ4v) is 4.14. The van der Waals surface area contributed by atoms with Gasteiger partial charge in [-0.25, -0.2) is 9.79 Å². The summed E-state index contributed by atoms with van der Waals surface area (Å²) < 4.78 is 0. The lowest BCUT2D eigenvalue weighted by molar-refractivity contribution is 0.0697. The first-order valence-electron chi connectivity index (χ1n) is 11.5. The number of benzene rings is 2. The highest BCUT2D eigenvalue weighted by atomic mass is 16.4. The standard InChI is InChI=1S/C26H36N4O2/c1-19(2)16-21(4)29-12-14-30(15-13-29)26(27-18-22-10-8-20(3)9-11-22)28-24-7-5-6-23(17-24)25(31)32/h5-11,17,19,21H,12-16,18H2,1-4H3,(H,27,28)(H,31,32)/t21-/m0/s1. The first-order valence-corrected chi connectivity index (χ1v) is 11.5. The number of aryl methyl sites for hydroxylation is 1. The third kappa shape index (κ3) is 6.82. The summed E-state index contributed by atoms with van der Waals surface area (Å²) in [7, 11) is 0. The Balaban J connectivity index is 1.75. The van der Waals surface area contributed by atoms with Crippen molar-refractivity contribution in [2.75, 3.05) is 31.5 Å². The minimum Gasteiger partial charge on any atom is -0.478 e. The molecule has 2 aromatic rings. The van der Waals surface area contributed by atoms with Crippen LogP contribution in [-0.4, -0.2) is 59.1 Å². The molecule has 1 heterocycles. The molecule has 0 saturated carbocycles. The number of aromatic carboxylic acids is 1. The van der Waals surface area contributed by atoms with Crippen LogP contribution in [0.5, 0.6) is 0 Å². The molecule has 1 saturated heterocycles. The van der Waals surface area contributed by atoms with E-state index in [0.717, 1.165) is 43.4 Å². The Labute approximate surface area is 192 Å². The minimum absolute atomic E-state index is 0.264. The number of rotatable bonds is 7. The summed E-state index contributed by atoms with van der Waals surface area (Å²) in [5, 5.41) is 12.7. The second kappa shape index (κ2) is 11.1. The molecule has 0 amide bonds. The Hall–Kier alpha value is -2.86. The molecule has 6 nitrogen and oxygen atoms in total. The van der Waals surface area contributed by atoms with Crippen molar-refractivity contribution in [3.05, 3.63) is 65.2 Å². The molecular formula is C26H36N4O2. The summed E-state index contributed by atoms with van der Waals surface area (Å²) in [5.41, 5.74) is 3.38. The second-order valence-corrected chi connectivity index (χ2v) is 9.14. The van der Waals surface area contributed by atoms with Gasteiger partial charge in [-0.05, 0) is 49.9 Å². The molecule has 2 N–H and O–H groups in total. The Morgan fingerprint density at radius 3 is 2.38 bits per heavy atom. The van der Waals surface area contributed by atoms with Crippen molar-refractivity contribution < 1.29 is 9.90 Å². The summed E-state index contributed by atoms with van der Waals surface area (Å²) in [6.45, 7) is 13.3. The van der Waals surface area contributed by atoms with E-state index < -0.39 is 5.97 Å². The van der Waals surface area contributed by atoms with E-state index in [4.69, 9.17) is 4.99 Å². The van der Waals surface area contributed by atoms with Crippen LogP contribution in [0.4, 0.5) is 5.69 Å². The van der Waals surface area contributed by atoms with E-state index in [1.807, 2.05) is 6.07 Å². The number of hydrogen-bond donors (Lipinski definition) is 2. The zero-order chi connectivity index (χ0) is 23.1. The van der Waals surface area contributed by atoms with Crippen molar-refractivity contribution in [1.82, 2.24) is 9.80 Å². The number of piperazine rings is 1. The van der Waals surface area contributed by atoms with Gasteiger partial charge in [0.1, 0.15) is 0 Å². The molecule has 0 radical (unpaired) electrons. The van der Waals surface area contributed by atoms with E-state index in [9.17, 15) is 9.90 Å². The largest absolute Gasteiger partial charge is 0.478 e. The van der Waals surface area contributed by atoms with Gasteiger partial charge in [0.05, 0.1) is 12.1 Å². The molecule has 1 aliphatic heterocycles. The Bertz CT molecular complexity index is 916. The SMILES string of the molecule is Cc1ccc(CN=C(Nc2cccc(C(=O)O)c2)N2CCN([C@@H](C)CC(C)C)CC2)cc1. The normalized spacial score (nSPS) is 16.3. The third-order valence-corrected chi connectivity index (χ3v) is 5.95. The third-order valence-electron chi connectivity index (χ3n) is 5.95. The lowest BCUT2D eigenvalue weighted by atomic mass is 10.0. The van der Waals surface area contributed by atoms with E-state index in [0.29, 0.717) is 18.5 Å². The van der Waals surface area contributed by atoms with Crippen LogP contribution in [0.25, 0.3) is 0 Å².